The van der Waals surface area contributed by atoms with E-state index in [2.05, 4.69) is 0 Å². The molecule has 2 aromatic rings. The van der Waals surface area contributed by atoms with Gasteiger partial charge in [-0.3, -0.25) is 0 Å². The summed E-state index contributed by atoms with van der Waals surface area (Å²) < 4.78 is 18.5. The number of aryl methyl sites for hydroxylation is 1. The third-order valence-electron chi connectivity index (χ3n) is 2.41. The lowest BCUT2D eigenvalue weighted by Crippen LogP contribution is -2.09. The van der Waals surface area contributed by atoms with E-state index in [0.29, 0.717) is 5.56 Å². The number of hydrogen-bond acceptors (Lipinski definition) is 2. The molecular formula is C14H10ClFO2. The Kier molecular flexibility index (Phi) is 3.63. The minimum Gasteiger partial charge on any atom is -0.420 e. The molecule has 0 saturated heterocycles. The van der Waals surface area contributed by atoms with E-state index < -0.39 is 11.8 Å². The van der Waals surface area contributed by atoms with Crippen molar-refractivity contribution in [3.05, 3.63) is 64.4 Å². The molecule has 2 nitrogen and oxygen atoms in total. The second-order valence-electron chi connectivity index (χ2n) is 3.81. The maximum atomic E-state index is 13.5. The Hall–Kier alpha value is -1.87. The van der Waals surface area contributed by atoms with Crippen molar-refractivity contribution in [1.82, 2.24) is 0 Å². The van der Waals surface area contributed by atoms with Crippen LogP contribution in [0.5, 0.6) is 5.75 Å². The highest BCUT2D eigenvalue weighted by atomic mass is 35.5. The molecule has 0 atom stereocenters. The number of rotatable bonds is 2. The van der Waals surface area contributed by atoms with Crippen LogP contribution in [0.15, 0.2) is 42.5 Å². The van der Waals surface area contributed by atoms with Crippen LogP contribution in [-0.4, -0.2) is 5.97 Å². The van der Waals surface area contributed by atoms with Crippen LogP contribution in [-0.2, 0) is 0 Å². The molecule has 0 fully saturated rings. The first-order valence-corrected chi connectivity index (χ1v) is 5.68. The average molecular weight is 265 g/mol. The monoisotopic (exact) mass is 264 g/mol. The zero-order valence-electron chi connectivity index (χ0n) is 9.61. The average Bonchev–Trinajstić information content (AvgIpc) is 2.36. The highest BCUT2D eigenvalue weighted by Gasteiger charge is 2.13. The van der Waals surface area contributed by atoms with E-state index in [0.717, 1.165) is 5.56 Å². The van der Waals surface area contributed by atoms with Crippen molar-refractivity contribution in [2.45, 2.75) is 6.92 Å². The highest BCUT2D eigenvalue weighted by Crippen LogP contribution is 2.24. The molecule has 0 saturated carbocycles. The number of benzene rings is 2. The molecule has 0 N–H and O–H groups in total. The molecule has 2 aromatic carbocycles. The van der Waals surface area contributed by atoms with Crippen LogP contribution in [0, 0.1) is 12.7 Å². The first-order valence-electron chi connectivity index (χ1n) is 5.31. The summed E-state index contributed by atoms with van der Waals surface area (Å²) in [4.78, 5) is 11.8. The number of halogens is 2. The topological polar surface area (TPSA) is 26.3 Å². The Morgan fingerprint density at radius 2 is 1.83 bits per heavy atom. The Morgan fingerprint density at radius 3 is 2.50 bits per heavy atom. The van der Waals surface area contributed by atoms with Crippen LogP contribution in [0.2, 0.25) is 5.02 Å². The predicted octanol–water partition coefficient (Wildman–Crippen LogP) is 4.01. The van der Waals surface area contributed by atoms with Crippen LogP contribution >= 0.6 is 11.6 Å². The molecule has 2 rings (SSSR count). The minimum atomic E-state index is -0.736. The number of carbonyl (C=O) groups is 1. The van der Waals surface area contributed by atoms with Crippen molar-refractivity contribution in [2.75, 3.05) is 0 Å². The van der Waals surface area contributed by atoms with Crippen molar-refractivity contribution >= 4 is 17.6 Å². The molecule has 0 aromatic heterocycles. The number of hydrogen-bond donors (Lipinski definition) is 0. The standard InChI is InChI=1S/C14H10ClFO2/c1-9-5-7-10(8-6-9)14(17)18-12-4-2-3-11(15)13(12)16/h2-8H,1H3. The summed E-state index contributed by atoms with van der Waals surface area (Å²) in [5.74, 6) is -1.52. The van der Waals surface area contributed by atoms with E-state index in [1.807, 2.05) is 6.92 Å². The molecule has 0 heterocycles. The smallest absolute Gasteiger partial charge is 0.343 e. The summed E-state index contributed by atoms with van der Waals surface area (Å²) >= 11 is 5.60. The van der Waals surface area contributed by atoms with Gasteiger partial charge in [0.05, 0.1) is 10.6 Å². The lowest BCUT2D eigenvalue weighted by molar-refractivity contribution is 0.0728. The largest absolute Gasteiger partial charge is 0.420 e. The number of ether oxygens (including phenoxy) is 1. The van der Waals surface area contributed by atoms with Gasteiger partial charge < -0.3 is 4.74 Å². The lowest BCUT2D eigenvalue weighted by Gasteiger charge is -2.06. The van der Waals surface area contributed by atoms with Gasteiger partial charge in [-0.25, -0.2) is 9.18 Å². The molecule has 0 aliphatic heterocycles. The van der Waals surface area contributed by atoms with E-state index in [9.17, 15) is 9.18 Å². The molecule has 0 amide bonds. The van der Waals surface area contributed by atoms with Gasteiger partial charge in [0.15, 0.2) is 11.6 Å². The van der Waals surface area contributed by atoms with Crippen LogP contribution in [0.25, 0.3) is 0 Å². The summed E-state index contributed by atoms with van der Waals surface area (Å²) in [6, 6.07) is 11.1. The molecular weight excluding hydrogens is 255 g/mol. The van der Waals surface area contributed by atoms with Gasteiger partial charge >= 0.3 is 5.97 Å². The SMILES string of the molecule is Cc1ccc(C(=O)Oc2cccc(Cl)c2F)cc1. The van der Waals surface area contributed by atoms with E-state index in [1.165, 1.54) is 18.2 Å². The summed E-state index contributed by atoms with van der Waals surface area (Å²) in [6.45, 7) is 1.91. The van der Waals surface area contributed by atoms with Gasteiger partial charge in [0.25, 0.3) is 0 Å². The Labute approximate surface area is 109 Å². The van der Waals surface area contributed by atoms with Gasteiger partial charge in [0.2, 0.25) is 0 Å². The van der Waals surface area contributed by atoms with Gasteiger partial charge in [-0.1, -0.05) is 35.4 Å². The predicted molar refractivity (Wildman–Crippen MR) is 67.5 cm³/mol. The molecule has 0 aliphatic carbocycles. The van der Waals surface area contributed by atoms with Crippen molar-refractivity contribution < 1.29 is 13.9 Å². The Balaban J connectivity index is 2.21. The third kappa shape index (κ3) is 2.68. The molecule has 0 unspecified atom stereocenters. The molecule has 92 valence electrons. The zero-order chi connectivity index (χ0) is 13.1. The van der Waals surface area contributed by atoms with Gasteiger partial charge in [0.1, 0.15) is 0 Å². The van der Waals surface area contributed by atoms with Crippen molar-refractivity contribution in [3.8, 4) is 5.75 Å². The normalized spacial score (nSPS) is 10.2. The number of esters is 1. The van der Waals surface area contributed by atoms with Crippen molar-refractivity contribution in [1.29, 1.82) is 0 Å². The highest BCUT2D eigenvalue weighted by molar-refractivity contribution is 6.30. The minimum absolute atomic E-state index is 0.0794. The molecule has 0 spiro atoms. The maximum absolute atomic E-state index is 13.5. The second-order valence-corrected chi connectivity index (χ2v) is 4.21. The first kappa shape index (κ1) is 12.6. The third-order valence-corrected chi connectivity index (χ3v) is 2.70. The van der Waals surface area contributed by atoms with Crippen LogP contribution < -0.4 is 4.74 Å². The molecule has 0 radical (unpaired) electrons. The summed E-state index contributed by atoms with van der Waals surface area (Å²) in [5.41, 5.74) is 1.39. The van der Waals surface area contributed by atoms with Crippen LogP contribution in [0.1, 0.15) is 15.9 Å². The fourth-order valence-electron chi connectivity index (χ4n) is 1.41. The molecule has 0 bridgehead atoms. The lowest BCUT2D eigenvalue weighted by atomic mass is 10.1. The Bertz CT molecular complexity index is 579. The fraction of sp³-hybridized carbons (Fsp3) is 0.0714. The molecule has 0 aliphatic rings. The van der Waals surface area contributed by atoms with E-state index >= 15 is 0 Å². The van der Waals surface area contributed by atoms with Gasteiger partial charge in [-0.2, -0.15) is 0 Å². The summed E-state index contributed by atoms with van der Waals surface area (Å²) in [7, 11) is 0. The van der Waals surface area contributed by atoms with Gasteiger partial charge in [-0.15, -0.1) is 0 Å². The summed E-state index contributed by atoms with van der Waals surface area (Å²) in [6.07, 6.45) is 0. The molecule has 4 heteroatoms. The van der Waals surface area contributed by atoms with Gasteiger partial charge in [-0.05, 0) is 31.2 Å². The van der Waals surface area contributed by atoms with Crippen LogP contribution in [0.4, 0.5) is 4.39 Å². The zero-order valence-corrected chi connectivity index (χ0v) is 10.4. The quantitative estimate of drug-likeness (QED) is 0.605. The first-order chi connectivity index (χ1) is 8.58. The van der Waals surface area contributed by atoms with Crippen LogP contribution in [0.3, 0.4) is 0 Å². The van der Waals surface area contributed by atoms with E-state index in [1.54, 1.807) is 24.3 Å². The summed E-state index contributed by atoms with van der Waals surface area (Å²) in [5, 5.41) is -0.0794. The van der Waals surface area contributed by atoms with Crippen molar-refractivity contribution in [3.63, 3.8) is 0 Å². The van der Waals surface area contributed by atoms with E-state index in [-0.39, 0.29) is 10.8 Å². The Morgan fingerprint density at radius 1 is 1.17 bits per heavy atom. The van der Waals surface area contributed by atoms with Gasteiger partial charge in [0, 0.05) is 0 Å². The number of carbonyl (C=O) groups excluding carboxylic acids is 1. The second kappa shape index (κ2) is 5.19. The van der Waals surface area contributed by atoms with Crippen molar-refractivity contribution in [2.24, 2.45) is 0 Å². The van der Waals surface area contributed by atoms with E-state index in [4.69, 9.17) is 16.3 Å². The fourth-order valence-corrected chi connectivity index (χ4v) is 1.58. The maximum Gasteiger partial charge on any atom is 0.343 e. The molecule has 18 heavy (non-hydrogen) atoms.